The average Bonchev–Trinajstić information content (AvgIpc) is 3.03. The molecule has 1 aliphatic heterocycles. The smallest absolute Gasteiger partial charge is 0.253 e. The van der Waals surface area contributed by atoms with Crippen LogP contribution in [0.2, 0.25) is 0 Å². The van der Waals surface area contributed by atoms with Gasteiger partial charge in [-0.15, -0.1) is 0 Å². The van der Waals surface area contributed by atoms with Crippen molar-refractivity contribution in [2.75, 3.05) is 30.9 Å². The van der Waals surface area contributed by atoms with Gasteiger partial charge in [-0.2, -0.15) is 0 Å². The molecule has 0 radical (unpaired) electrons. The molecule has 2 heterocycles. The van der Waals surface area contributed by atoms with Gasteiger partial charge in [0, 0.05) is 36.7 Å². The van der Waals surface area contributed by atoms with E-state index in [2.05, 4.69) is 4.98 Å². The van der Waals surface area contributed by atoms with Gasteiger partial charge in [-0.05, 0) is 24.5 Å². The van der Waals surface area contributed by atoms with Crippen molar-refractivity contribution >= 4 is 27.5 Å². The van der Waals surface area contributed by atoms with Crippen molar-refractivity contribution in [1.82, 2.24) is 14.5 Å². The first-order valence-corrected chi connectivity index (χ1v) is 10.2. The zero-order valence-electron chi connectivity index (χ0n) is 12.7. The molecule has 6 nitrogen and oxygen atoms in total. The Balaban J connectivity index is 1.84. The summed E-state index contributed by atoms with van der Waals surface area (Å²) in [5, 5.41) is 0.846. The monoisotopic (exact) mass is 351 g/mol. The quantitative estimate of drug-likeness (QED) is 0.783. The maximum atomic E-state index is 12.6. The lowest BCUT2D eigenvalue weighted by atomic mass is 10.1. The molecule has 23 heavy (non-hydrogen) atoms. The van der Waals surface area contributed by atoms with Crippen molar-refractivity contribution in [3.8, 4) is 5.69 Å². The SMILES string of the molecule is CSc1nccn1-c1cccc(C(=O)N2CCS(=O)(=O)CC2)c1. The second-order valence-electron chi connectivity index (χ2n) is 5.28. The van der Waals surface area contributed by atoms with Crippen LogP contribution in [0.1, 0.15) is 10.4 Å². The minimum absolute atomic E-state index is 0.0383. The minimum atomic E-state index is -2.99. The van der Waals surface area contributed by atoms with E-state index in [1.165, 1.54) is 11.8 Å². The second-order valence-corrected chi connectivity index (χ2v) is 8.36. The predicted molar refractivity (Wildman–Crippen MR) is 89.9 cm³/mol. The number of thioether (sulfide) groups is 1. The van der Waals surface area contributed by atoms with Crippen LogP contribution < -0.4 is 0 Å². The molecule has 1 saturated heterocycles. The third kappa shape index (κ3) is 3.42. The van der Waals surface area contributed by atoms with E-state index >= 15 is 0 Å². The average molecular weight is 351 g/mol. The Kier molecular flexibility index (Phi) is 4.45. The van der Waals surface area contributed by atoms with E-state index in [-0.39, 0.29) is 30.5 Å². The van der Waals surface area contributed by atoms with Crippen LogP contribution in [0.5, 0.6) is 0 Å². The topological polar surface area (TPSA) is 72.3 Å². The van der Waals surface area contributed by atoms with Crippen LogP contribution in [0.15, 0.2) is 41.8 Å². The number of hydrogen-bond acceptors (Lipinski definition) is 5. The molecule has 2 aromatic rings. The van der Waals surface area contributed by atoms with Gasteiger partial charge in [0.05, 0.1) is 11.5 Å². The van der Waals surface area contributed by atoms with Crippen LogP contribution in [0.3, 0.4) is 0 Å². The first-order chi connectivity index (χ1) is 11.0. The molecule has 0 spiro atoms. The molecule has 1 fully saturated rings. The molecule has 0 unspecified atom stereocenters. The molecule has 0 aliphatic carbocycles. The van der Waals surface area contributed by atoms with E-state index in [4.69, 9.17) is 0 Å². The molecule has 1 aliphatic rings. The molecule has 0 saturated carbocycles. The highest BCUT2D eigenvalue weighted by Gasteiger charge is 2.25. The van der Waals surface area contributed by atoms with Crippen LogP contribution in [0.4, 0.5) is 0 Å². The number of sulfone groups is 1. The summed E-state index contributed by atoms with van der Waals surface area (Å²) < 4.78 is 24.9. The van der Waals surface area contributed by atoms with Gasteiger partial charge in [-0.25, -0.2) is 13.4 Å². The van der Waals surface area contributed by atoms with Crippen LogP contribution in [0, 0.1) is 0 Å². The Bertz CT molecular complexity index is 816. The van der Waals surface area contributed by atoms with E-state index in [0.29, 0.717) is 5.56 Å². The summed E-state index contributed by atoms with van der Waals surface area (Å²) in [6.07, 6.45) is 5.51. The standard InChI is InChI=1S/C15H17N3O3S2/c1-22-15-16-5-6-18(15)13-4-2-3-12(11-13)14(19)17-7-9-23(20,21)10-8-17/h2-6,11H,7-10H2,1H3. The van der Waals surface area contributed by atoms with Gasteiger partial charge >= 0.3 is 0 Å². The molecule has 122 valence electrons. The third-order valence-corrected chi connectivity index (χ3v) is 6.07. The van der Waals surface area contributed by atoms with Gasteiger partial charge in [0.1, 0.15) is 0 Å². The molecule has 3 rings (SSSR count). The second kappa shape index (κ2) is 6.37. The minimum Gasteiger partial charge on any atom is -0.337 e. The fourth-order valence-corrected chi connectivity index (χ4v) is 4.25. The summed E-state index contributed by atoms with van der Waals surface area (Å²) in [4.78, 5) is 18.4. The van der Waals surface area contributed by atoms with Crippen LogP contribution in [-0.4, -0.2) is 59.6 Å². The summed E-state index contributed by atoms with van der Waals surface area (Å²) in [6, 6.07) is 7.31. The maximum absolute atomic E-state index is 12.6. The summed E-state index contributed by atoms with van der Waals surface area (Å²) in [7, 11) is -2.99. The van der Waals surface area contributed by atoms with Crippen molar-refractivity contribution in [2.24, 2.45) is 0 Å². The highest BCUT2D eigenvalue weighted by Crippen LogP contribution is 2.20. The first kappa shape index (κ1) is 16.1. The van der Waals surface area contributed by atoms with Crippen molar-refractivity contribution < 1.29 is 13.2 Å². The summed E-state index contributed by atoms with van der Waals surface area (Å²) in [5.41, 5.74) is 1.42. The molecular formula is C15H17N3O3S2. The molecule has 1 aromatic heterocycles. The third-order valence-electron chi connectivity index (χ3n) is 3.79. The number of carbonyl (C=O) groups is 1. The van der Waals surface area contributed by atoms with E-state index in [9.17, 15) is 13.2 Å². The normalized spacial score (nSPS) is 17.2. The van der Waals surface area contributed by atoms with Gasteiger partial charge in [-0.3, -0.25) is 9.36 Å². The van der Waals surface area contributed by atoms with Gasteiger partial charge in [0.25, 0.3) is 5.91 Å². The Morgan fingerprint density at radius 1 is 1.26 bits per heavy atom. The number of imidazole rings is 1. The molecular weight excluding hydrogens is 334 g/mol. The largest absolute Gasteiger partial charge is 0.337 e. The van der Waals surface area contributed by atoms with Crippen LogP contribution in [0.25, 0.3) is 5.69 Å². The number of aromatic nitrogens is 2. The fourth-order valence-electron chi connectivity index (χ4n) is 2.52. The van der Waals surface area contributed by atoms with Crippen LogP contribution >= 0.6 is 11.8 Å². The Labute approximate surface area is 139 Å². The molecule has 1 amide bonds. The number of amides is 1. The lowest BCUT2D eigenvalue weighted by Gasteiger charge is -2.26. The molecule has 1 aromatic carbocycles. The highest BCUT2D eigenvalue weighted by atomic mass is 32.2. The lowest BCUT2D eigenvalue weighted by Crippen LogP contribution is -2.43. The number of rotatable bonds is 3. The molecule has 0 bridgehead atoms. The highest BCUT2D eigenvalue weighted by molar-refractivity contribution is 7.98. The maximum Gasteiger partial charge on any atom is 0.253 e. The summed E-state index contributed by atoms with van der Waals surface area (Å²) in [5.74, 6) is -0.0553. The predicted octanol–water partition coefficient (Wildman–Crippen LogP) is 1.46. The van der Waals surface area contributed by atoms with E-state index in [1.54, 1.807) is 17.2 Å². The Morgan fingerprint density at radius 2 is 2.00 bits per heavy atom. The zero-order valence-corrected chi connectivity index (χ0v) is 14.3. The van der Waals surface area contributed by atoms with Crippen molar-refractivity contribution in [2.45, 2.75) is 5.16 Å². The van der Waals surface area contributed by atoms with Crippen molar-refractivity contribution in [1.29, 1.82) is 0 Å². The fraction of sp³-hybridized carbons (Fsp3) is 0.333. The summed E-state index contributed by atoms with van der Waals surface area (Å²) >= 11 is 1.53. The van der Waals surface area contributed by atoms with E-state index in [0.717, 1.165) is 10.8 Å². The lowest BCUT2D eigenvalue weighted by molar-refractivity contribution is 0.0770. The van der Waals surface area contributed by atoms with Crippen LogP contribution in [-0.2, 0) is 9.84 Å². The van der Waals surface area contributed by atoms with E-state index < -0.39 is 9.84 Å². The van der Waals surface area contributed by atoms with Gasteiger partial charge in [-0.1, -0.05) is 17.8 Å². The van der Waals surface area contributed by atoms with E-state index in [1.807, 2.05) is 35.2 Å². The Hall–Kier alpha value is -1.80. The number of hydrogen-bond donors (Lipinski definition) is 0. The van der Waals surface area contributed by atoms with Gasteiger partial charge < -0.3 is 4.90 Å². The zero-order chi connectivity index (χ0) is 16.4. The first-order valence-electron chi connectivity index (χ1n) is 7.18. The van der Waals surface area contributed by atoms with Crippen molar-refractivity contribution in [3.05, 3.63) is 42.2 Å². The summed E-state index contributed by atoms with van der Waals surface area (Å²) in [6.45, 7) is 0.513. The molecule has 8 heteroatoms. The molecule has 0 N–H and O–H groups in total. The Morgan fingerprint density at radius 3 is 2.70 bits per heavy atom. The van der Waals surface area contributed by atoms with Gasteiger partial charge in [0.15, 0.2) is 15.0 Å². The number of benzene rings is 1. The number of carbonyl (C=O) groups excluding carboxylic acids is 1. The molecule has 0 atom stereocenters. The van der Waals surface area contributed by atoms with Crippen molar-refractivity contribution in [3.63, 3.8) is 0 Å². The van der Waals surface area contributed by atoms with Gasteiger partial charge in [0.2, 0.25) is 0 Å². The number of nitrogens with zero attached hydrogens (tertiary/aromatic N) is 3.